The molecule has 1 aliphatic rings. The van der Waals surface area contributed by atoms with Crippen molar-refractivity contribution < 1.29 is 14.6 Å². The number of amides is 1. The zero-order valence-electron chi connectivity index (χ0n) is 15.0. The summed E-state index contributed by atoms with van der Waals surface area (Å²) in [4.78, 5) is 19.7. The second kappa shape index (κ2) is 8.23. The second-order valence-corrected chi connectivity index (χ2v) is 7.01. The molecule has 2 aromatic rings. The van der Waals surface area contributed by atoms with E-state index in [1.807, 2.05) is 6.07 Å². The van der Waals surface area contributed by atoms with Crippen LogP contribution in [0.1, 0.15) is 28.9 Å². The molecule has 2 heterocycles. The van der Waals surface area contributed by atoms with Crippen LogP contribution in [-0.4, -0.2) is 50.2 Å². The highest BCUT2D eigenvalue weighted by molar-refractivity contribution is 5.94. The minimum absolute atomic E-state index is 0.0449. The third-order valence-electron chi connectivity index (χ3n) is 5.13. The maximum atomic E-state index is 12.6. The molecular weight excluding hydrogens is 312 g/mol. The molecule has 0 radical (unpaired) electrons. The Morgan fingerprint density at radius 3 is 2.44 bits per heavy atom. The van der Waals surface area contributed by atoms with Crippen LogP contribution in [0.3, 0.4) is 0 Å². The van der Waals surface area contributed by atoms with Gasteiger partial charge in [0.25, 0.3) is 5.91 Å². The average Bonchev–Trinajstić information content (AvgIpc) is 2.65. The lowest BCUT2D eigenvalue weighted by Crippen LogP contribution is -3.27. The van der Waals surface area contributed by atoms with Gasteiger partial charge in [0.1, 0.15) is 32.2 Å². The van der Waals surface area contributed by atoms with Gasteiger partial charge in [-0.3, -0.25) is 9.78 Å². The number of benzene rings is 1. The van der Waals surface area contributed by atoms with Crippen LogP contribution in [0.4, 0.5) is 0 Å². The van der Waals surface area contributed by atoms with Crippen molar-refractivity contribution in [2.75, 3.05) is 33.2 Å². The number of quaternary nitrogens is 2. The van der Waals surface area contributed by atoms with E-state index in [0.29, 0.717) is 5.56 Å². The highest BCUT2D eigenvalue weighted by Crippen LogP contribution is 2.14. The van der Waals surface area contributed by atoms with Gasteiger partial charge in [-0.2, -0.15) is 0 Å². The summed E-state index contributed by atoms with van der Waals surface area (Å²) in [5.74, 6) is -0.0549. The fourth-order valence-electron chi connectivity index (χ4n) is 3.72. The maximum Gasteiger partial charge on any atom is 0.253 e. The summed E-state index contributed by atoms with van der Waals surface area (Å²) in [6.07, 6.45) is 3.30. The predicted octanol–water partition coefficient (Wildman–Crippen LogP) is -0.646. The van der Waals surface area contributed by atoms with E-state index in [0.717, 1.165) is 13.1 Å². The first-order valence-electron chi connectivity index (χ1n) is 9.07. The number of carbonyl (C=O) groups excluding carboxylic acids is 1. The Balaban J connectivity index is 1.77. The summed E-state index contributed by atoms with van der Waals surface area (Å²) < 4.78 is 0. The normalized spacial score (nSPS) is 22.8. The van der Waals surface area contributed by atoms with E-state index in [1.165, 1.54) is 18.7 Å². The lowest BCUT2D eigenvalue weighted by atomic mass is 9.97. The molecule has 0 aliphatic carbocycles. The number of hydrogen-bond donors (Lipinski definition) is 3. The van der Waals surface area contributed by atoms with Crippen LogP contribution in [0.15, 0.2) is 54.9 Å². The van der Waals surface area contributed by atoms with Crippen LogP contribution >= 0.6 is 0 Å². The molecule has 0 spiro atoms. The molecule has 2 atom stereocenters. The number of nitrogens with one attached hydrogen (secondary N) is 3. The van der Waals surface area contributed by atoms with Crippen molar-refractivity contribution in [3.05, 3.63) is 66.0 Å². The molecule has 132 valence electrons. The zero-order valence-corrected chi connectivity index (χ0v) is 15.0. The predicted molar refractivity (Wildman–Crippen MR) is 97.7 cm³/mol. The van der Waals surface area contributed by atoms with Gasteiger partial charge in [0.2, 0.25) is 0 Å². The van der Waals surface area contributed by atoms with Crippen molar-refractivity contribution in [3.8, 4) is 0 Å². The molecule has 0 bridgehead atoms. The summed E-state index contributed by atoms with van der Waals surface area (Å²) in [6.45, 7) is 6.70. The summed E-state index contributed by atoms with van der Waals surface area (Å²) in [6, 6.07) is 14.5. The van der Waals surface area contributed by atoms with Gasteiger partial charge >= 0.3 is 0 Å². The Morgan fingerprint density at radius 1 is 1.08 bits per heavy atom. The Bertz CT molecular complexity index is 669. The third-order valence-corrected chi connectivity index (χ3v) is 5.13. The van der Waals surface area contributed by atoms with Gasteiger partial charge in [-0.1, -0.05) is 30.3 Å². The van der Waals surface area contributed by atoms with Gasteiger partial charge < -0.3 is 15.1 Å². The molecule has 1 aromatic heterocycles. The topological polar surface area (TPSA) is 50.9 Å². The molecule has 1 fully saturated rings. The monoisotopic (exact) mass is 340 g/mol. The third kappa shape index (κ3) is 4.44. The minimum Gasteiger partial charge on any atom is -0.343 e. The second-order valence-electron chi connectivity index (χ2n) is 7.01. The summed E-state index contributed by atoms with van der Waals surface area (Å²) in [5.41, 5.74) is 1.90. The van der Waals surface area contributed by atoms with Crippen molar-refractivity contribution >= 4 is 5.91 Å². The fraction of sp³-hybridized carbons (Fsp3) is 0.400. The Labute approximate surface area is 149 Å². The van der Waals surface area contributed by atoms with Crippen molar-refractivity contribution in [3.63, 3.8) is 0 Å². The molecular formula is C20H28N4O+2. The smallest absolute Gasteiger partial charge is 0.253 e. The number of rotatable bonds is 5. The van der Waals surface area contributed by atoms with Gasteiger partial charge in [0, 0.05) is 18.0 Å². The van der Waals surface area contributed by atoms with Crippen LogP contribution < -0.4 is 15.1 Å². The first-order chi connectivity index (χ1) is 12.1. The summed E-state index contributed by atoms with van der Waals surface area (Å²) in [5, 5.41) is 3.20. The number of nitrogens with zero attached hydrogens (tertiary/aromatic N) is 1. The fourth-order valence-corrected chi connectivity index (χ4v) is 3.72. The van der Waals surface area contributed by atoms with Crippen LogP contribution in [0.25, 0.3) is 0 Å². The maximum absolute atomic E-state index is 12.6. The summed E-state index contributed by atoms with van der Waals surface area (Å²) in [7, 11) is 2.25. The van der Waals surface area contributed by atoms with Crippen molar-refractivity contribution in [1.29, 1.82) is 0 Å². The minimum atomic E-state index is -0.0549. The van der Waals surface area contributed by atoms with E-state index in [4.69, 9.17) is 0 Å². The molecule has 0 unspecified atom stereocenters. The number of hydrogen-bond acceptors (Lipinski definition) is 2. The quantitative estimate of drug-likeness (QED) is 0.678. The van der Waals surface area contributed by atoms with Gasteiger partial charge in [0.05, 0.1) is 18.7 Å². The number of aromatic nitrogens is 1. The molecule has 3 rings (SSSR count). The van der Waals surface area contributed by atoms with Gasteiger partial charge in [-0.15, -0.1) is 0 Å². The lowest BCUT2D eigenvalue weighted by molar-refractivity contribution is -1.02. The van der Waals surface area contributed by atoms with Crippen molar-refractivity contribution in [2.45, 2.75) is 19.0 Å². The highest BCUT2D eigenvalue weighted by Gasteiger charge is 2.34. The molecule has 0 saturated carbocycles. The Morgan fingerprint density at radius 2 is 1.80 bits per heavy atom. The molecule has 3 N–H and O–H groups in total. The first-order valence-corrected chi connectivity index (χ1v) is 9.07. The van der Waals surface area contributed by atoms with E-state index in [-0.39, 0.29) is 18.0 Å². The molecule has 1 aromatic carbocycles. The van der Waals surface area contributed by atoms with Crippen molar-refractivity contribution in [1.82, 2.24) is 10.3 Å². The van der Waals surface area contributed by atoms with E-state index >= 15 is 0 Å². The van der Waals surface area contributed by atoms with E-state index in [1.54, 1.807) is 34.3 Å². The number of likely N-dealkylation sites (N-methyl/N-ethyl adjacent to an activating group) is 1. The molecule has 5 heteroatoms. The SMILES string of the molecule is C[C@H](NC(=O)c1cccnc1)[C@H](c1ccccc1)[NH+]1CC[NH+](C)CC1. The molecule has 1 saturated heterocycles. The highest BCUT2D eigenvalue weighted by atomic mass is 16.1. The van der Waals surface area contributed by atoms with E-state index < -0.39 is 0 Å². The van der Waals surface area contributed by atoms with Gasteiger partial charge in [0.15, 0.2) is 0 Å². The van der Waals surface area contributed by atoms with Crippen LogP contribution in [-0.2, 0) is 0 Å². The van der Waals surface area contributed by atoms with Gasteiger partial charge in [-0.05, 0) is 19.1 Å². The van der Waals surface area contributed by atoms with E-state index in [2.05, 4.69) is 48.5 Å². The Kier molecular flexibility index (Phi) is 5.79. The van der Waals surface area contributed by atoms with E-state index in [9.17, 15) is 4.79 Å². The largest absolute Gasteiger partial charge is 0.343 e. The Hall–Kier alpha value is -2.24. The van der Waals surface area contributed by atoms with Crippen LogP contribution in [0, 0.1) is 0 Å². The van der Waals surface area contributed by atoms with Crippen LogP contribution in [0.5, 0.6) is 0 Å². The molecule has 5 nitrogen and oxygen atoms in total. The number of pyridine rings is 1. The molecule has 25 heavy (non-hydrogen) atoms. The number of piperazine rings is 1. The average molecular weight is 340 g/mol. The van der Waals surface area contributed by atoms with Gasteiger partial charge in [-0.25, -0.2) is 0 Å². The van der Waals surface area contributed by atoms with Crippen LogP contribution in [0.2, 0.25) is 0 Å². The zero-order chi connectivity index (χ0) is 17.6. The first kappa shape index (κ1) is 17.6. The number of carbonyl (C=O) groups is 1. The lowest BCUT2D eigenvalue weighted by Gasteiger charge is -2.36. The summed E-state index contributed by atoms with van der Waals surface area (Å²) >= 11 is 0. The molecule has 1 aliphatic heterocycles. The standard InChI is InChI=1S/C20H26N4O/c1-16(22-20(25)18-9-6-10-21-15-18)19(17-7-4-3-5-8-17)24-13-11-23(2)12-14-24/h3-10,15-16,19H,11-14H2,1-2H3,(H,22,25)/p+2/t16-,19+/m0/s1. The molecule has 1 amide bonds. The van der Waals surface area contributed by atoms with Crippen molar-refractivity contribution in [2.24, 2.45) is 0 Å².